The molecule has 0 atom stereocenters. The van der Waals surface area contributed by atoms with Crippen LogP contribution in [0.3, 0.4) is 0 Å². The molecule has 0 fully saturated rings. The zero-order valence-corrected chi connectivity index (χ0v) is 16.4. The molecule has 0 aliphatic rings. The summed E-state index contributed by atoms with van der Waals surface area (Å²) >= 11 is 0. The molecule has 5 heteroatoms. The Labute approximate surface area is 159 Å². The zero-order valence-electron chi connectivity index (χ0n) is 16.4. The van der Waals surface area contributed by atoms with Crippen molar-refractivity contribution in [1.29, 1.82) is 0 Å². The summed E-state index contributed by atoms with van der Waals surface area (Å²) in [6.45, 7) is 4.05. The average molecular weight is 362 g/mol. The molecule has 0 spiro atoms. The maximum absolute atomic E-state index is 5.57. The molecule has 2 aromatic heterocycles. The quantitative estimate of drug-likeness (QED) is 0.494. The van der Waals surface area contributed by atoms with Crippen molar-refractivity contribution in [2.24, 2.45) is 0 Å². The van der Waals surface area contributed by atoms with E-state index < -0.39 is 0 Å². The molecule has 140 valence electrons. The minimum absolute atomic E-state index is 0.893. The first-order valence-corrected chi connectivity index (χ1v) is 9.35. The Bertz CT molecular complexity index is 1110. The van der Waals surface area contributed by atoms with Gasteiger partial charge in [-0.1, -0.05) is 12.1 Å². The summed E-state index contributed by atoms with van der Waals surface area (Å²) < 4.78 is 5.57. The molecule has 2 aromatic carbocycles. The third kappa shape index (κ3) is 3.08. The molecular formula is C22H26N4O. The van der Waals surface area contributed by atoms with Gasteiger partial charge in [-0.25, -0.2) is 4.98 Å². The van der Waals surface area contributed by atoms with E-state index in [0.717, 1.165) is 58.4 Å². The van der Waals surface area contributed by atoms with Crippen LogP contribution in [-0.4, -0.2) is 49.2 Å². The van der Waals surface area contributed by atoms with Crippen molar-refractivity contribution in [3.05, 3.63) is 42.1 Å². The second-order valence-corrected chi connectivity index (χ2v) is 7.29. The van der Waals surface area contributed by atoms with Crippen LogP contribution in [0.1, 0.15) is 12.0 Å². The summed E-state index contributed by atoms with van der Waals surface area (Å²) in [4.78, 5) is 10.5. The molecule has 0 aliphatic heterocycles. The molecule has 27 heavy (non-hydrogen) atoms. The minimum Gasteiger partial charge on any atom is -0.496 e. The van der Waals surface area contributed by atoms with E-state index in [4.69, 9.17) is 9.72 Å². The molecule has 2 N–H and O–H groups in total. The van der Waals surface area contributed by atoms with E-state index in [-0.39, 0.29) is 0 Å². The van der Waals surface area contributed by atoms with Crippen molar-refractivity contribution in [2.75, 3.05) is 39.6 Å². The maximum Gasteiger partial charge on any atom is 0.136 e. The Morgan fingerprint density at radius 3 is 2.74 bits per heavy atom. The van der Waals surface area contributed by atoms with Crippen molar-refractivity contribution in [3.8, 4) is 5.75 Å². The van der Waals surface area contributed by atoms with E-state index in [0.29, 0.717) is 0 Å². The third-order valence-electron chi connectivity index (χ3n) is 5.09. The van der Waals surface area contributed by atoms with Crippen molar-refractivity contribution in [3.63, 3.8) is 0 Å². The highest BCUT2D eigenvalue weighted by Gasteiger charge is 2.15. The number of pyridine rings is 1. The van der Waals surface area contributed by atoms with Crippen LogP contribution in [0, 0.1) is 6.92 Å². The van der Waals surface area contributed by atoms with Crippen LogP contribution in [0.25, 0.3) is 32.6 Å². The number of methoxy groups -OCH3 is 1. The average Bonchev–Trinajstić information content (AvgIpc) is 3.07. The monoisotopic (exact) mass is 362 g/mol. The predicted molar refractivity (Wildman–Crippen MR) is 114 cm³/mol. The van der Waals surface area contributed by atoms with Crippen LogP contribution in [0.15, 0.2) is 36.5 Å². The van der Waals surface area contributed by atoms with Crippen molar-refractivity contribution in [2.45, 2.75) is 13.3 Å². The van der Waals surface area contributed by atoms with Gasteiger partial charge in [0.2, 0.25) is 0 Å². The number of fused-ring (bicyclic) bond motifs is 5. The van der Waals surface area contributed by atoms with E-state index in [9.17, 15) is 0 Å². The summed E-state index contributed by atoms with van der Waals surface area (Å²) in [6.07, 6.45) is 3.01. The van der Waals surface area contributed by atoms with Gasteiger partial charge in [0.1, 0.15) is 11.6 Å². The van der Waals surface area contributed by atoms with Crippen LogP contribution in [-0.2, 0) is 0 Å². The topological polar surface area (TPSA) is 53.2 Å². The highest BCUT2D eigenvalue weighted by molar-refractivity contribution is 6.24. The SMILES string of the molecule is COc1cccc2c1ccc1[nH]c3c(C)cnc(NCCCN(C)C)c3c12. The van der Waals surface area contributed by atoms with Gasteiger partial charge in [-0.05, 0) is 63.1 Å². The smallest absolute Gasteiger partial charge is 0.136 e. The molecule has 0 aliphatic carbocycles. The van der Waals surface area contributed by atoms with Gasteiger partial charge in [0.15, 0.2) is 0 Å². The fourth-order valence-electron chi connectivity index (χ4n) is 3.76. The Hall–Kier alpha value is -2.79. The minimum atomic E-state index is 0.893. The Kier molecular flexibility index (Phi) is 4.62. The molecule has 5 nitrogen and oxygen atoms in total. The second kappa shape index (κ2) is 7.08. The van der Waals surface area contributed by atoms with Gasteiger partial charge in [0, 0.05) is 29.0 Å². The van der Waals surface area contributed by atoms with E-state index in [1.165, 1.54) is 10.8 Å². The molecule has 0 saturated carbocycles. The van der Waals surface area contributed by atoms with Gasteiger partial charge in [0.05, 0.1) is 18.0 Å². The number of ether oxygens (including phenoxy) is 1. The fraction of sp³-hybridized carbons (Fsp3) is 0.318. The molecule has 4 aromatic rings. The van der Waals surface area contributed by atoms with Crippen LogP contribution in [0.2, 0.25) is 0 Å². The highest BCUT2D eigenvalue weighted by Crippen LogP contribution is 2.39. The van der Waals surface area contributed by atoms with Crippen LogP contribution in [0.4, 0.5) is 5.82 Å². The lowest BCUT2D eigenvalue weighted by molar-refractivity contribution is 0.405. The highest BCUT2D eigenvalue weighted by atomic mass is 16.5. The number of aryl methyl sites for hydroxylation is 1. The maximum atomic E-state index is 5.57. The number of hydrogen-bond acceptors (Lipinski definition) is 4. The van der Waals surface area contributed by atoms with Gasteiger partial charge in [0.25, 0.3) is 0 Å². The fourth-order valence-corrected chi connectivity index (χ4v) is 3.76. The van der Waals surface area contributed by atoms with Gasteiger partial charge >= 0.3 is 0 Å². The largest absolute Gasteiger partial charge is 0.496 e. The van der Waals surface area contributed by atoms with Crippen molar-refractivity contribution < 1.29 is 4.74 Å². The first kappa shape index (κ1) is 17.6. The lowest BCUT2D eigenvalue weighted by atomic mass is 10.0. The molecule has 0 bridgehead atoms. The van der Waals surface area contributed by atoms with Crippen molar-refractivity contribution >= 4 is 38.4 Å². The molecule has 4 rings (SSSR count). The van der Waals surface area contributed by atoms with Crippen LogP contribution >= 0.6 is 0 Å². The number of H-pyrrole nitrogens is 1. The van der Waals surface area contributed by atoms with E-state index in [1.54, 1.807) is 7.11 Å². The predicted octanol–water partition coefficient (Wildman–Crippen LogP) is 4.55. The number of nitrogens with one attached hydrogen (secondary N) is 2. The zero-order chi connectivity index (χ0) is 19.0. The Morgan fingerprint density at radius 1 is 1.11 bits per heavy atom. The summed E-state index contributed by atoms with van der Waals surface area (Å²) in [6, 6.07) is 10.5. The Morgan fingerprint density at radius 2 is 1.96 bits per heavy atom. The van der Waals surface area contributed by atoms with E-state index >= 15 is 0 Å². The van der Waals surface area contributed by atoms with Gasteiger partial charge in [-0.15, -0.1) is 0 Å². The van der Waals surface area contributed by atoms with Crippen molar-refractivity contribution in [1.82, 2.24) is 14.9 Å². The number of hydrogen-bond donors (Lipinski definition) is 2. The lowest BCUT2D eigenvalue weighted by Gasteiger charge is -2.12. The van der Waals surface area contributed by atoms with Gasteiger partial charge in [-0.3, -0.25) is 0 Å². The second-order valence-electron chi connectivity index (χ2n) is 7.29. The van der Waals surface area contributed by atoms with E-state index in [1.807, 2.05) is 18.3 Å². The number of rotatable bonds is 6. The lowest BCUT2D eigenvalue weighted by Crippen LogP contribution is -2.16. The number of nitrogens with zero attached hydrogens (tertiary/aromatic N) is 2. The van der Waals surface area contributed by atoms with Crippen LogP contribution in [0.5, 0.6) is 5.75 Å². The van der Waals surface area contributed by atoms with Crippen LogP contribution < -0.4 is 10.1 Å². The number of anilines is 1. The third-order valence-corrected chi connectivity index (χ3v) is 5.09. The molecule has 0 saturated heterocycles. The number of aromatic nitrogens is 2. The first-order valence-electron chi connectivity index (χ1n) is 9.35. The van der Waals surface area contributed by atoms with Gasteiger partial charge in [-0.2, -0.15) is 0 Å². The summed E-state index contributed by atoms with van der Waals surface area (Å²) in [5.41, 5.74) is 3.42. The summed E-state index contributed by atoms with van der Waals surface area (Å²) in [7, 11) is 5.92. The van der Waals surface area contributed by atoms with Gasteiger partial charge < -0.3 is 19.9 Å². The number of benzene rings is 2. The Balaban J connectivity index is 1.91. The van der Waals surface area contributed by atoms with E-state index in [2.05, 4.69) is 54.4 Å². The molecule has 0 amide bonds. The normalized spacial score (nSPS) is 11.7. The standard InChI is InChI=1S/C22H26N4O/c1-14-13-24-22(23-11-6-12-26(2)3)20-19-16-7-5-8-18(27-4)15(16)9-10-17(19)25-21(14)20/h5,7-10,13,25H,6,11-12H2,1-4H3,(H,23,24). The summed E-state index contributed by atoms with van der Waals surface area (Å²) in [5.74, 6) is 1.83. The molecule has 0 radical (unpaired) electrons. The summed E-state index contributed by atoms with van der Waals surface area (Å²) in [5, 5.41) is 8.22. The molecule has 2 heterocycles. The number of aromatic amines is 1. The molecule has 0 unspecified atom stereocenters. The first-order chi connectivity index (χ1) is 13.1. The molecular weight excluding hydrogens is 336 g/mol.